The first-order valence-corrected chi connectivity index (χ1v) is 8.85. The smallest absolute Gasteiger partial charge is 0.241 e. The lowest BCUT2D eigenvalue weighted by Crippen LogP contribution is -2.43. The Bertz CT molecular complexity index is 341. The van der Waals surface area contributed by atoms with Crippen molar-refractivity contribution >= 4 is 5.91 Å². The third kappa shape index (κ3) is 3.78. The van der Waals surface area contributed by atoms with Crippen LogP contribution in [0.5, 0.6) is 0 Å². The van der Waals surface area contributed by atoms with Crippen LogP contribution in [0, 0.1) is 5.92 Å². The summed E-state index contributed by atoms with van der Waals surface area (Å²) in [5.41, 5.74) is 0. The summed E-state index contributed by atoms with van der Waals surface area (Å²) in [5.74, 6) is 0.736. The first-order valence-electron chi connectivity index (χ1n) is 8.85. The fourth-order valence-electron chi connectivity index (χ4n) is 3.74. The maximum absolute atomic E-state index is 12.7. The zero-order valence-corrected chi connectivity index (χ0v) is 14.3. The predicted molar refractivity (Wildman–Crippen MR) is 87.1 cm³/mol. The van der Waals surface area contributed by atoms with Crippen molar-refractivity contribution in [1.29, 1.82) is 0 Å². The molecule has 3 unspecified atom stereocenters. The molecule has 0 radical (unpaired) electrons. The van der Waals surface area contributed by atoms with E-state index in [-0.39, 0.29) is 12.2 Å². The van der Waals surface area contributed by atoms with Crippen molar-refractivity contribution < 1.29 is 4.79 Å². The molecule has 4 heteroatoms. The minimum atomic E-state index is 0.0248. The molecule has 1 heterocycles. The highest BCUT2D eigenvalue weighted by Gasteiger charge is 2.39. The van der Waals surface area contributed by atoms with Crippen LogP contribution in [0.2, 0.25) is 0 Å². The Balaban J connectivity index is 1.89. The molecule has 1 amide bonds. The number of nitrogens with one attached hydrogen (secondary N) is 1. The molecule has 2 fully saturated rings. The molecule has 1 saturated carbocycles. The van der Waals surface area contributed by atoms with Crippen molar-refractivity contribution in [3.8, 4) is 0 Å². The number of amides is 1. The Kier molecular flexibility index (Phi) is 6.06. The van der Waals surface area contributed by atoms with Crippen LogP contribution in [0.4, 0.5) is 0 Å². The molecule has 21 heavy (non-hydrogen) atoms. The highest BCUT2D eigenvalue weighted by molar-refractivity contribution is 5.84. The Labute approximate surface area is 130 Å². The number of hydrogen-bond acceptors (Lipinski definition) is 3. The molecule has 1 aliphatic carbocycles. The standard InChI is InChI=1S/C17H33N3O/c1-5-13(3)16-17(21)20(15(6-2)18-16)12-11-19(4)14-9-7-8-10-14/h13-16,18H,5-12H2,1-4H3. The first kappa shape index (κ1) is 16.8. The second-order valence-corrected chi connectivity index (χ2v) is 6.90. The van der Waals surface area contributed by atoms with E-state index < -0.39 is 0 Å². The van der Waals surface area contributed by atoms with Gasteiger partial charge in [0, 0.05) is 19.1 Å². The zero-order chi connectivity index (χ0) is 15.4. The Hall–Kier alpha value is -0.610. The summed E-state index contributed by atoms with van der Waals surface area (Å²) in [6, 6.07) is 0.762. The van der Waals surface area contributed by atoms with Crippen LogP contribution in [0.15, 0.2) is 0 Å². The van der Waals surface area contributed by atoms with E-state index in [1.807, 2.05) is 0 Å². The fraction of sp³-hybridized carbons (Fsp3) is 0.941. The summed E-state index contributed by atoms with van der Waals surface area (Å²) < 4.78 is 0. The lowest BCUT2D eigenvalue weighted by Gasteiger charge is -2.29. The first-order chi connectivity index (χ1) is 10.1. The van der Waals surface area contributed by atoms with Crippen molar-refractivity contribution in [2.24, 2.45) is 5.92 Å². The van der Waals surface area contributed by atoms with E-state index >= 15 is 0 Å². The molecule has 0 bridgehead atoms. The van der Waals surface area contributed by atoms with Gasteiger partial charge in [0.05, 0.1) is 12.2 Å². The second-order valence-electron chi connectivity index (χ2n) is 6.90. The van der Waals surface area contributed by atoms with Gasteiger partial charge >= 0.3 is 0 Å². The van der Waals surface area contributed by atoms with Gasteiger partial charge in [0.2, 0.25) is 5.91 Å². The van der Waals surface area contributed by atoms with Gasteiger partial charge in [0.1, 0.15) is 0 Å². The molecule has 1 N–H and O–H groups in total. The van der Waals surface area contributed by atoms with Crippen LogP contribution >= 0.6 is 0 Å². The van der Waals surface area contributed by atoms with Gasteiger partial charge in [-0.05, 0) is 32.2 Å². The van der Waals surface area contributed by atoms with Crippen LogP contribution in [-0.2, 0) is 4.79 Å². The molecule has 122 valence electrons. The molecule has 1 saturated heterocycles. The Morgan fingerprint density at radius 3 is 2.57 bits per heavy atom. The van der Waals surface area contributed by atoms with Crippen molar-refractivity contribution in [1.82, 2.24) is 15.1 Å². The number of nitrogens with zero attached hydrogens (tertiary/aromatic N) is 2. The van der Waals surface area contributed by atoms with Crippen LogP contribution < -0.4 is 5.32 Å². The summed E-state index contributed by atoms with van der Waals surface area (Å²) in [7, 11) is 2.22. The topological polar surface area (TPSA) is 35.6 Å². The van der Waals surface area contributed by atoms with E-state index in [9.17, 15) is 4.79 Å². The molecule has 0 aromatic carbocycles. The summed E-state index contributed by atoms with van der Waals surface area (Å²) in [6.07, 6.45) is 7.67. The van der Waals surface area contributed by atoms with Gasteiger partial charge in [-0.2, -0.15) is 0 Å². The largest absolute Gasteiger partial charge is 0.325 e. The minimum Gasteiger partial charge on any atom is -0.325 e. The van der Waals surface area contributed by atoms with Crippen LogP contribution in [0.1, 0.15) is 59.3 Å². The van der Waals surface area contributed by atoms with Gasteiger partial charge in [0.15, 0.2) is 0 Å². The number of rotatable bonds is 7. The van der Waals surface area contributed by atoms with E-state index in [1.54, 1.807) is 0 Å². The van der Waals surface area contributed by atoms with Crippen molar-refractivity contribution in [3.63, 3.8) is 0 Å². The normalized spacial score (nSPS) is 28.8. The van der Waals surface area contributed by atoms with Crippen LogP contribution in [0.25, 0.3) is 0 Å². The third-order valence-electron chi connectivity index (χ3n) is 5.54. The third-order valence-corrected chi connectivity index (χ3v) is 5.54. The van der Waals surface area contributed by atoms with Crippen molar-refractivity contribution in [2.75, 3.05) is 20.1 Å². The monoisotopic (exact) mass is 295 g/mol. The average molecular weight is 295 g/mol. The molecule has 0 aromatic heterocycles. The van der Waals surface area contributed by atoms with E-state index in [0.29, 0.717) is 11.8 Å². The van der Waals surface area contributed by atoms with Gasteiger partial charge in [-0.15, -0.1) is 0 Å². The summed E-state index contributed by atoms with van der Waals surface area (Å²) >= 11 is 0. The highest BCUT2D eigenvalue weighted by Crippen LogP contribution is 2.24. The molecule has 4 nitrogen and oxygen atoms in total. The summed E-state index contributed by atoms with van der Waals surface area (Å²) in [5, 5.41) is 3.54. The Morgan fingerprint density at radius 2 is 2.00 bits per heavy atom. The summed E-state index contributed by atoms with van der Waals surface area (Å²) in [4.78, 5) is 17.2. The molecule has 2 aliphatic rings. The van der Waals surface area contributed by atoms with Gasteiger partial charge < -0.3 is 9.80 Å². The maximum atomic E-state index is 12.7. The molecule has 0 aromatic rings. The number of likely N-dealkylation sites (N-methyl/N-ethyl adjacent to an activating group) is 1. The van der Waals surface area contributed by atoms with Crippen molar-refractivity contribution in [2.45, 2.75) is 77.5 Å². The lowest BCUT2D eigenvalue weighted by molar-refractivity contribution is -0.131. The van der Waals surface area contributed by atoms with E-state index in [4.69, 9.17) is 0 Å². The quantitative estimate of drug-likeness (QED) is 0.783. The van der Waals surface area contributed by atoms with Gasteiger partial charge in [-0.3, -0.25) is 10.1 Å². The van der Waals surface area contributed by atoms with Crippen LogP contribution in [-0.4, -0.2) is 54.1 Å². The van der Waals surface area contributed by atoms with E-state index in [1.165, 1.54) is 25.7 Å². The fourth-order valence-corrected chi connectivity index (χ4v) is 3.74. The van der Waals surface area contributed by atoms with Gasteiger partial charge in [-0.25, -0.2) is 0 Å². The number of hydrogen-bond donors (Lipinski definition) is 1. The lowest BCUT2D eigenvalue weighted by atomic mass is 9.99. The van der Waals surface area contributed by atoms with Gasteiger partial charge in [-0.1, -0.05) is 40.0 Å². The molecule has 3 atom stereocenters. The second kappa shape index (κ2) is 7.59. The molecule has 1 aliphatic heterocycles. The average Bonchev–Trinajstić information content (AvgIpc) is 3.12. The maximum Gasteiger partial charge on any atom is 0.241 e. The molecule has 2 rings (SSSR count). The Morgan fingerprint density at radius 1 is 1.33 bits per heavy atom. The highest BCUT2D eigenvalue weighted by atomic mass is 16.2. The molecular formula is C17H33N3O. The predicted octanol–water partition coefficient (Wildman–Crippen LogP) is 2.44. The zero-order valence-electron chi connectivity index (χ0n) is 14.3. The summed E-state index contributed by atoms with van der Waals surface area (Å²) in [6.45, 7) is 8.37. The van der Waals surface area contributed by atoms with E-state index in [0.717, 1.165) is 32.0 Å². The van der Waals surface area contributed by atoms with Crippen LogP contribution in [0.3, 0.4) is 0 Å². The number of carbonyl (C=O) groups excluding carboxylic acids is 1. The molecule has 0 spiro atoms. The SMILES string of the molecule is CCC(C)C1NC(CC)N(CCN(C)C2CCCC2)C1=O. The molecular weight excluding hydrogens is 262 g/mol. The van der Waals surface area contributed by atoms with Crippen molar-refractivity contribution in [3.05, 3.63) is 0 Å². The van der Waals surface area contributed by atoms with E-state index in [2.05, 4.69) is 42.9 Å². The van der Waals surface area contributed by atoms with Gasteiger partial charge in [0.25, 0.3) is 0 Å². The minimum absolute atomic E-state index is 0.0248. The number of carbonyl (C=O) groups is 1.